The molecule has 3 heteroatoms. The summed E-state index contributed by atoms with van der Waals surface area (Å²) < 4.78 is 5.96. The van der Waals surface area contributed by atoms with E-state index in [0.717, 1.165) is 34.2 Å². The minimum Gasteiger partial charge on any atom is -0.439 e. The summed E-state index contributed by atoms with van der Waals surface area (Å²) in [5, 5.41) is 0. The van der Waals surface area contributed by atoms with E-state index in [1.165, 1.54) is 0 Å². The Kier molecular flexibility index (Phi) is 3.88. The molecule has 0 aliphatic rings. The Balaban J connectivity index is 2.13. The average molecular weight is 281 g/mol. The van der Waals surface area contributed by atoms with Crippen LogP contribution in [0.4, 0.5) is 0 Å². The first kappa shape index (κ1) is 13.0. The van der Waals surface area contributed by atoms with E-state index in [9.17, 15) is 0 Å². The largest absolute Gasteiger partial charge is 0.439 e. The van der Waals surface area contributed by atoms with Crippen molar-refractivity contribution in [3.05, 3.63) is 66.6 Å². The third kappa shape index (κ3) is 2.63. The van der Waals surface area contributed by atoms with Crippen LogP contribution < -0.4 is 0 Å². The molecule has 0 spiro atoms. The lowest BCUT2D eigenvalue weighted by Crippen LogP contribution is -1.82. The summed E-state index contributed by atoms with van der Waals surface area (Å²) in [5.74, 6) is 2.41. The molecule has 0 atom stereocenters. The van der Waals surface area contributed by atoms with Crippen molar-refractivity contribution in [2.24, 2.45) is 0 Å². The summed E-state index contributed by atoms with van der Waals surface area (Å²) in [5.41, 5.74) is 3.06. The van der Waals surface area contributed by atoms with Crippen molar-refractivity contribution in [1.29, 1.82) is 0 Å². The molecule has 0 saturated carbocycles. The molecule has 0 aliphatic heterocycles. The SMILES string of the molecule is CSCc1nc(-c2ccccc2)c(-c2ccccc2)o1. The van der Waals surface area contributed by atoms with Gasteiger partial charge in [-0.2, -0.15) is 11.8 Å². The number of hydrogen-bond acceptors (Lipinski definition) is 3. The normalized spacial score (nSPS) is 10.7. The number of nitrogens with zero attached hydrogens (tertiary/aromatic N) is 1. The van der Waals surface area contributed by atoms with Crippen LogP contribution in [0, 0.1) is 0 Å². The van der Waals surface area contributed by atoms with Crippen molar-refractivity contribution in [3.8, 4) is 22.6 Å². The van der Waals surface area contributed by atoms with Crippen LogP contribution in [-0.2, 0) is 5.75 Å². The van der Waals surface area contributed by atoms with Gasteiger partial charge in [-0.3, -0.25) is 0 Å². The van der Waals surface area contributed by atoms with E-state index >= 15 is 0 Å². The van der Waals surface area contributed by atoms with Gasteiger partial charge in [0.2, 0.25) is 5.89 Å². The topological polar surface area (TPSA) is 26.0 Å². The van der Waals surface area contributed by atoms with E-state index < -0.39 is 0 Å². The Hall–Kier alpha value is -2.00. The van der Waals surface area contributed by atoms with Crippen molar-refractivity contribution >= 4 is 11.8 Å². The smallest absolute Gasteiger partial charge is 0.205 e. The van der Waals surface area contributed by atoms with Crippen molar-refractivity contribution in [1.82, 2.24) is 4.98 Å². The summed E-state index contributed by atoms with van der Waals surface area (Å²) >= 11 is 1.71. The highest BCUT2D eigenvalue weighted by Gasteiger charge is 2.16. The number of oxazole rings is 1. The summed E-state index contributed by atoms with van der Waals surface area (Å²) in [6.07, 6.45) is 2.05. The highest BCUT2D eigenvalue weighted by molar-refractivity contribution is 7.97. The fraction of sp³-hybridized carbons (Fsp3) is 0.118. The standard InChI is InChI=1S/C17H15NOS/c1-20-12-15-18-16(13-8-4-2-5-9-13)17(19-15)14-10-6-3-7-11-14/h2-11H,12H2,1H3. The average Bonchev–Trinajstić information content (AvgIpc) is 2.93. The van der Waals surface area contributed by atoms with Gasteiger partial charge in [-0.1, -0.05) is 60.7 Å². The zero-order valence-electron chi connectivity index (χ0n) is 11.2. The number of hydrogen-bond donors (Lipinski definition) is 0. The molecule has 0 radical (unpaired) electrons. The molecule has 0 aliphatic carbocycles. The van der Waals surface area contributed by atoms with Crippen LogP contribution >= 0.6 is 11.8 Å². The van der Waals surface area contributed by atoms with Gasteiger partial charge in [0.1, 0.15) is 5.69 Å². The van der Waals surface area contributed by atoms with E-state index in [4.69, 9.17) is 4.42 Å². The van der Waals surface area contributed by atoms with Gasteiger partial charge in [-0.15, -0.1) is 0 Å². The molecule has 1 aromatic heterocycles. The van der Waals surface area contributed by atoms with E-state index in [-0.39, 0.29) is 0 Å². The molecule has 0 amide bonds. The van der Waals surface area contributed by atoms with Crippen LogP contribution in [-0.4, -0.2) is 11.2 Å². The van der Waals surface area contributed by atoms with Gasteiger partial charge < -0.3 is 4.42 Å². The van der Waals surface area contributed by atoms with Crippen LogP contribution in [0.3, 0.4) is 0 Å². The molecule has 2 aromatic carbocycles. The Bertz CT molecular complexity index is 620. The third-order valence-corrected chi connectivity index (χ3v) is 3.56. The lowest BCUT2D eigenvalue weighted by molar-refractivity contribution is 0.530. The van der Waals surface area contributed by atoms with Crippen molar-refractivity contribution in [2.75, 3.05) is 6.26 Å². The number of thioether (sulfide) groups is 1. The first-order valence-electron chi connectivity index (χ1n) is 6.48. The quantitative estimate of drug-likeness (QED) is 0.682. The van der Waals surface area contributed by atoms with Gasteiger partial charge in [0.15, 0.2) is 5.76 Å². The molecule has 0 bridgehead atoms. The molecule has 2 nitrogen and oxygen atoms in total. The molecule has 0 saturated heterocycles. The molecular weight excluding hydrogens is 266 g/mol. The Labute approximate surface area is 122 Å². The fourth-order valence-corrected chi connectivity index (χ4v) is 2.50. The van der Waals surface area contributed by atoms with Crippen LogP contribution in [0.2, 0.25) is 0 Å². The van der Waals surface area contributed by atoms with E-state index in [1.807, 2.05) is 36.4 Å². The van der Waals surface area contributed by atoms with Crippen LogP contribution in [0.5, 0.6) is 0 Å². The molecule has 1 heterocycles. The molecule has 100 valence electrons. The zero-order valence-corrected chi connectivity index (χ0v) is 12.1. The first-order chi connectivity index (χ1) is 9.88. The van der Waals surface area contributed by atoms with Gasteiger partial charge in [-0.25, -0.2) is 4.98 Å². The molecule has 0 unspecified atom stereocenters. The predicted octanol–water partition coefficient (Wildman–Crippen LogP) is 4.87. The summed E-state index contributed by atoms with van der Waals surface area (Å²) in [6.45, 7) is 0. The minimum atomic E-state index is 0.773. The summed E-state index contributed by atoms with van der Waals surface area (Å²) in [7, 11) is 0. The van der Waals surface area contributed by atoms with Crippen molar-refractivity contribution in [2.45, 2.75) is 5.75 Å². The molecule has 3 aromatic rings. The Morgan fingerprint density at radius 1 is 0.900 bits per heavy atom. The first-order valence-corrected chi connectivity index (χ1v) is 7.87. The third-order valence-electron chi connectivity index (χ3n) is 3.02. The van der Waals surface area contributed by atoms with Crippen LogP contribution in [0.1, 0.15) is 5.89 Å². The van der Waals surface area contributed by atoms with Gasteiger partial charge in [0.05, 0.1) is 5.75 Å². The van der Waals surface area contributed by atoms with Crippen molar-refractivity contribution in [3.63, 3.8) is 0 Å². The van der Waals surface area contributed by atoms with Crippen molar-refractivity contribution < 1.29 is 4.42 Å². The summed E-state index contributed by atoms with van der Waals surface area (Å²) in [4.78, 5) is 4.66. The van der Waals surface area contributed by atoms with Crippen LogP contribution in [0.15, 0.2) is 65.1 Å². The zero-order chi connectivity index (χ0) is 13.8. The lowest BCUT2D eigenvalue weighted by atomic mass is 10.1. The molecule has 20 heavy (non-hydrogen) atoms. The Morgan fingerprint density at radius 2 is 1.50 bits per heavy atom. The molecule has 0 fully saturated rings. The van der Waals surface area contributed by atoms with E-state index in [2.05, 4.69) is 35.5 Å². The minimum absolute atomic E-state index is 0.773. The van der Waals surface area contributed by atoms with E-state index in [0.29, 0.717) is 0 Å². The van der Waals surface area contributed by atoms with Gasteiger partial charge in [0.25, 0.3) is 0 Å². The molecule has 0 N–H and O–H groups in total. The lowest BCUT2D eigenvalue weighted by Gasteiger charge is -2.00. The maximum absolute atomic E-state index is 5.96. The highest BCUT2D eigenvalue weighted by atomic mass is 32.2. The van der Waals surface area contributed by atoms with Gasteiger partial charge in [0, 0.05) is 11.1 Å². The maximum Gasteiger partial charge on any atom is 0.205 e. The second kappa shape index (κ2) is 5.97. The fourth-order valence-electron chi connectivity index (χ4n) is 2.13. The number of rotatable bonds is 4. The van der Waals surface area contributed by atoms with Gasteiger partial charge >= 0.3 is 0 Å². The van der Waals surface area contributed by atoms with E-state index in [1.54, 1.807) is 11.8 Å². The van der Waals surface area contributed by atoms with Crippen LogP contribution in [0.25, 0.3) is 22.6 Å². The summed E-state index contributed by atoms with van der Waals surface area (Å²) in [6, 6.07) is 20.3. The monoisotopic (exact) mass is 281 g/mol. The second-order valence-corrected chi connectivity index (χ2v) is 5.32. The van der Waals surface area contributed by atoms with Gasteiger partial charge in [-0.05, 0) is 6.26 Å². The molecular formula is C17H15NOS. The maximum atomic E-state index is 5.96. The second-order valence-electron chi connectivity index (χ2n) is 4.45. The number of benzene rings is 2. The number of aromatic nitrogens is 1. The predicted molar refractivity (Wildman–Crippen MR) is 84.6 cm³/mol. The Morgan fingerprint density at radius 3 is 2.10 bits per heavy atom. The highest BCUT2D eigenvalue weighted by Crippen LogP contribution is 2.33. The molecule has 3 rings (SSSR count).